The average Bonchev–Trinajstić information content (AvgIpc) is 3.81. The molecule has 1 nitrogen and oxygen atoms in total. The minimum atomic E-state index is -0.439. The van der Waals surface area contributed by atoms with E-state index in [9.17, 15) is 0 Å². The third-order valence-electron chi connectivity index (χ3n) is 11.8. The summed E-state index contributed by atoms with van der Waals surface area (Å²) in [4.78, 5) is 2.40. The van der Waals surface area contributed by atoms with Gasteiger partial charge in [-0.05, 0) is 110 Å². The van der Waals surface area contributed by atoms with Gasteiger partial charge in [0.15, 0.2) is 0 Å². The molecule has 0 spiro atoms. The molecule has 1 aromatic heterocycles. The molecule has 0 aliphatic heterocycles. The van der Waals surface area contributed by atoms with Gasteiger partial charge in [0, 0.05) is 37.2 Å². The van der Waals surface area contributed by atoms with Crippen molar-refractivity contribution in [3.8, 4) is 33.4 Å². The van der Waals surface area contributed by atoms with Crippen molar-refractivity contribution in [2.75, 3.05) is 4.90 Å². The molecule has 0 bridgehead atoms. The third-order valence-corrected chi connectivity index (χ3v) is 12.9. The molecule has 1 aliphatic carbocycles. The van der Waals surface area contributed by atoms with Gasteiger partial charge in [0.2, 0.25) is 0 Å². The second kappa shape index (κ2) is 13.6. The molecule has 0 fully saturated rings. The van der Waals surface area contributed by atoms with Crippen LogP contribution in [0.5, 0.6) is 0 Å². The minimum absolute atomic E-state index is 0.439. The number of nitrogens with zero attached hydrogens (tertiary/aromatic N) is 1. The fraction of sp³-hybridized carbons (Fsp3) is 0.0182. The molecule has 1 heterocycles. The van der Waals surface area contributed by atoms with Crippen LogP contribution in [0.25, 0.3) is 53.6 Å². The van der Waals surface area contributed by atoms with Crippen LogP contribution in [-0.2, 0) is 5.41 Å². The van der Waals surface area contributed by atoms with Gasteiger partial charge in [-0.25, -0.2) is 0 Å². The van der Waals surface area contributed by atoms with Crippen LogP contribution in [0.1, 0.15) is 22.3 Å². The summed E-state index contributed by atoms with van der Waals surface area (Å²) in [6.45, 7) is 0. The smallest absolute Gasteiger partial charge is 0.0713 e. The average molecular weight is 744 g/mol. The van der Waals surface area contributed by atoms with Gasteiger partial charge in [-0.3, -0.25) is 0 Å². The highest BCUT2D eigenvalue weighted by Gasteiger charge is 2.46. The highest BCUT2D eigenvalue weighted by Crippen LogP contribution is 2.57. The Labute approximate surface area is 337 Å². The zero-order valence-corrected chi connectivity index (χ0v) is 32.0. The molecular formula is C55H37NS. The number of anilines is 3. The predicted molar refractivity (Wildman–Crippen MR) is 242 cm³/mol. The van der Waals surface area contributed by atoms with Gasteiger partial charge in [0.25, 0.3) is 0 Å². The van der Waals surface area contributed by atoms with Crippen LogP contribution in [0.2, 0.25) is 0 Å². The van der Waals surface area contributed by atoms with E-state index in [2.05, 4.69) is 229 Å². The lowest BCUT2D eigenvalue weighted by Crippen LogP contribution is -2.28. The van der Waals surface area contributed by atoms with Crippen LogP contribution in [0.4, 0.5) is 17.1 Å². The van der Waals surface area contributed by atoms with Gasteiger partial charge in [-0.2, -0.15) is 0 Å². The standard InChI is InChI=1S/C55H37NS/c1-4-14-38(15-5-1)39-24-29-44(30-25-39)56(45-31-26-40(27-32-45)41-28-35-54-50(36-41)48-21-11-13-23-53(48)57-54)46-33-34-52-49(37-46)47-20-10-12-22-51(47)55(52,42-16-6-2-7-17-42)43-18-8-3-9-19-43/h1-37H. The second-order valence-corrected chi connectivity index (χ2v) is 15.9. The first-order chi connectivity index (χ1) is 28.3. The van der Waals surface area contributed by atoms with Crippen LogP contribution >= 0.6 is 11.3 Å². The maximum atomic E-state index is 2.41. The minimum Gasteiger partial charge on any atom is -0.310 e. The number of thiophene rings is 1. The zero-order chi connectivity index (χ0) is 37.8. The van der Waals surface area contributed by atoms with Crippen LogP contribution in [0.3, 0.4) is 0 Å². The second-order valence-electron chi connectivity index (χ2n) is 14.9. The quantitative estimate of drug-likeness (QED) is 0.157. The monoisotopic (exact) mass is 743 g/mol. The van der Waals surface area contributed by atoms with Crippen LogP contribution < -0.4 is 4.90 Å². The Morgan fingerprint density at radius 3 is 1.49 bits per heavy atom. The third kappa shape index (κ3) is 5.44. The van der Waals surface area contributed by atoms with E-state index < -0.39 is 5.41 Å². The van der Waals surface area contributed by atoms with Crippen molar-refractivity contribution >= 4 is 48.6 Å². The van der Waals surface area contributed by atoms with Crippen molar-refractivity contribution in [2.24, 2.45) is 0 Å². The van der Waals surface area contributed by atoms with Crippen LogP contribution in [0, 0.1) is 0 Å². The molecule has 10 aromatic rings. The van der Waals surface area contributed by atoms with E-state index in [1.165, 1.54) is 75.8 Å². The number of hydrogen-bond donors (Lipinski definition) is 0. The van der Waals surface area contributed by atoms with Crippen molar-refractivity contribution < 1.29 is 0 Å². The van der Waals surface area contributed by atoms with Crippen LogP contribution in [-0.4, -0.2) is 0 Å². The zero-order valence-electron chi connectivity index (χ0n) is 31.2. The van der Waals surface area contributed by atoms with Gasteiger partial charge >= 0.3 is 0 Å². The SMILES string of the molecule is c1ccc(-c2ccc(N(c3ccc(-c4ccc5sc6ccccc6c5c4)cc3)c3ccc4c(c3)-c3ccccc3C4(c3ccccc3)c3ccccc3)cc2)cc1. The molecule has 57 heavy (non-hydrogen) atoms. The summed E-state index contributed by atoms with van der Waals surface area (Å²) < 4.78 is 2.65. The largest absolute Gasteiger partial charge is 0.310 e. The van der Waals surface area contributed by atoms with Crippen LogP contribution in [0.15, 0.2) is 224 Å². The molecule has 9 aromatic carbocycles. The Morgan fingerprint density at radius 1 is 0.316 bits per heavy atom. The molecule has 0 saturated carbocycles. The van der Waals surface area contributed by atoms with Gasteiger partial charge in [0.05, 0.1) is 5.41 Å². The Morgan fingerprint density at radius 2 is 0.807 bits per heavy atom. The molecule has 11 rings (SSSR count). The number of benzene rings is 9. The Kier molecular flexibility index (Phi) is 7.98. The Bertz CT molecular complexity index is 3000. The van der Waals surface area contributed by atoms with E-state index in [0.29, 0.717) is 0 Å². The van der Waals surface area contributed by atoms with E-state index in [1.54, 1.807) is 0 Å². The van der Waals surface area contributed by atoms with E-state index in [-0.39, 0.29) is 0 Å². The summed E-state index contributed by atoms with van der Waals surface area (Å²) in [5.41, 5.74) is 15.4. The number of rotatable bonds is 7. The Hall–Kier alpha value is -7.00. The molecule has 0 saturated heterocycles. The summed E-state index contributed by atoms with van der Waals surface area (Å²) in [5.74, 6) is 0. The van der Waals surface area contributed by atoms with E-state index in [4.69, 9.17) is 0 Å². The van der Waals surface area contributed by atoms with Crippen molar-refractivity contribution in [3.05, 3.63) is 247 Å². The number of hydrogen-bond acceptors (Lipinski definition) is 2. The molecular weight excluding hydrogens is 707 g/mol. The number of fused-ring (bicyclic) bond motifs is 6. The summed E-state index contributed by atoms with van der Waals surface area (Å²) in [7, 11) is 0. The maximum Gasteiger partial charge on any atom is 0.0713 e. The van der Waals surface area contributed by atoms with Crippen molar-refractivity contribution in [1.29, 1.82) is 0 Å². The molecule has 0 radical (unpaired) electrons. The fourth-order valence-electron chi connectivity index (χ4n) is 9.17. The highest BCUT2D eigenvalue weighted by molar-refractivity contribution is 7.25. The first kappa shape index (κ1) is 33.3. The first-order valence-corrected chi connectivity index (χ1v) is 20.4. The molecule has 268 valence electrons. The lowest BCUT2D eigenvalue weighted by molar-refractivity contribution is 0.768. The van der Waals surface area contributed by atoms with Crippen molar-refractivity contribution in [1.82, 2.24) is 0 Å². The van der Waals surface area contributed by atoms with Crippen molar-refractivity contribution in [3.63, 3.8) is 0 Å². The summed E-state index contributed by atoms with van der Waals surface area (Å²) in [6, 6.07) is 82.4. The molecule has 0 amide bonds. The predicted octanol–water partition coefficient (Wildman–Crippen LogP) is 15.2. The fourth-order valence-corrected chi connectivity index (χ4v) is 10.3. The highest BCUT2D eigenvalue weighted by atomic mass is 32.1. The lowest BCUT2D eigenvalue weighted by Gasteiger charge is -2.34. The van der Waals surface area contributed by atoms with Gasteiger partial charge < -0.3 is 4.90 Å². The molecule has 0 atom stereocenters. The summed E-state index contributed by atoms with van der Waals surface area (Å²) in [6.07, 6.45) is 0. The molecule has 1 aliphatic rings. The van der Waals surface area contributed by atoms with Gasteiger partial charge in [-0.1, -0.05) is 170 Å². The molecule has 2 heteroatoms. The first-order valence-electron chi connectivity index (χ1n) is 19.6. The lowest BCUT2D eigenvalue weighted by atomic mass is 9.68. The van der Waals surface area contributed by atoms with Gasteiger partial charge in [-0.15, -0.1) is 11.3 Å². The molecule has 0 unspecified atom stereocenters. The molecule has 0 N–H and O–H groups in total. The Balaban J connectivity index is 1.07. The summed E-state index contributed by atoms with van der Waals surface area (Å²) >= 11 is 1.86. The van der Waals surface area contributed by atoms with E-state index in [1.807, 2.05) is 11.3 Å². The van der Waals surface area contributed by atoms with Gasteiger partial charge in [0.1, 0.15) is 0 Å². The van der Waals surface area contributed by atoms with Crippen molar-refractivity contribution in [2.45, 2.75) is 5.41 Å². The maximum absolute atomic E-state index is 2.41. The van der Waals surface area contributed by atoms with E-state index in [0.717, 1.165) is 17.1 Å². The van der Waals surface area contributed by atoms with E-state index >= 15 is 0 Å². The topological polar surface area (TPSA) is 3.24 Å². The summed E-state index contributed by atoms with van der Waals surface area (Å²) in [5, 5.41) is 2.64. The normalized spacial score (nSPS) is 12.7.